The van der Waals surface area contributed by atoms with Gasteiger partial charge in [0.15, 0.2) is 0 Å². The predicted molar refractivity (Wildman–Crippen MR) is 64.4 cm³/mol. The number of halogens is 2. The van der Waals surface area contributed by atoms with Crippen LogP contribution in [-0.4, -0.2) is 32.4 Å². The van der Waals surface area contributed by atoms with Crippen LogP contribution >= 0.6 is 0 Å². The van der Waals surface area contributed by atoms with Gasteiger partial charge in [0, 0.05) is 25.7 Å². The number of nitrogens with zero attached hydrogens (tertiary/aromatic N) is 1. The number of benzene rings is 1. The van der Waals surface area contributed by atoms with E-state index in [9.17, 15) is 17.2 Å². The van der Waals surface area contributed by atoms with Gasteiger partial charge in [-0.3, -0.25) is 0 Å². The summed E-state index contributed by atoms with van der Waals surface area (Å²) in [6.45, 7) is 1.93. The fraction of sp³-hybridized carbons (Fsp3) is 0.455. The minimum absolute atomic E-state index is 0.152. The Hall–Kier alpha value is -1.05. The number of hydrogen-bond donors (Lipinski definition) is 1. The van der Waals surface area contributed by atoms with Gasteiger partial charge >= 0.3 is 0 Å². The molecule has 0 aromatic heterocycles. The average Bonchev–Trinajstić information content (AvgIpc) is 2.24. The van der Waals surface area contributed by atoms with Gasteiger partial charge in [-0.25, -0.2) is 21.5 Å². The van der Waals surface area contributed by atoms with Crippen LogP contribution in [-0.2, 0) is 10.0 Å². The van der Waals surface area contributed by atoms with Gasteiger partial charge < -0.3 is 5.73 Å². The van der Waals surface area contributed by atoms with Crippen molar-refractivity contribution in [2.24, 2.45) is 5.73 Å². The standard InChI is InChI=1S/C11H16F2N2O2S/c1-8(14)5-6-15(2)18(16,17)11-4-3-9(12)7-10(11)13/h3-4,7-8H,5-6,14H2,1-2H3. The molecule has 7 heteroatoms. The van der Waals surface area contributed by atoms with Crippen LogP contribution in [0.25, 0.3) is 0 Å². The minimum Gasteiger partial charge on any atom is -0.328 e. The quantitative estimate of drug-likeness (QED) is 0.883. The van der Waals surface area contributed by atoms with Gasteiger partial charge in [-0.2, -0.15) is 0 Å². The highest BCUT2D eigenvalue weighted by molar-refractivity contribution is 7.89. The van der Waals surface area contributed by atoms with Crippen LogP contribution in [0.1, 0.15) is 13.3 Å². The Morgan fingerprint density at radius 3 is 2.50 bits per heavy atom. The van der Waals surface area contributed by atoms with Crippen molar-refractivity contribution in [2.75, 3.05) is 13.6 Å². The van der Waals surface area contributed by atoms with Crippen molar-refractivity contribution < 1.29 is 17.2 Å². The molecule has 4 nitrogen and oxygen atoms in total. The van der Waals surface area contributed by atoms with Gasteiger partial charge in [0.2, 0.25) is 10.0 Å². The maximum atomic E-state index is 13.4. The molecule has 0 saturated heterocycles. The Kier molecular flexibility index (Phi) is 4.78. The van der Waals surface area contributed by atoms with E-state index < -0.39 is 26.6 Å². The van der Waals surface area contributed by atoms with Crippen molar-refractivity contribution >= 4 is 10.0 Å². The number of nitrogens with two attached hydrogens (primary N) is 1. The van der Waals surface area contributed by atoms with Crippen molar-refractivity contribution in [3.63, 3.8) is 0 Å². The van der Waals surface area contributed by atoms with Gasteiger partial charge in [0.25, 0.3) is 0 Å². The monoisotopic (exact) mass is 278 g/mol. The average molecular weight is 278 g/mol. The van der Waals surface area contributed by atoms with E-state index in [0.717, 1.165) is 16.4 Å². The molecule has 102 valence electrons. The Balaban J connectivity index is 2.98. The molecule has 0 aliphatic carbocycles. The van der Waals surface area contributed by atoms with Crippen LogP contribution in [0.15, 0.2) is 23.1 Å². The molecule has 0 aliphatic rings. The largest absolute Gasteiger partial charge is 0.328 e. The Morgan fingerprint density at radius 2 is 2.00 bits per heavy atom. The molecule has 0 radical (unpaired) electrons. The molecule has 2 N–H and O–H groups in total. The lowest BCUT2D eigenvalue weighted by molar-refractivity contribution is 0.441. The summed E-state index contributed by atoms with van der Waals surface area (Å²) in [5.74, 6) is -1.91. The molecule has 1 atom stereocenters. The molecule has 1 rings (SSSR count). The zero-order valence-electron chi connectivity index (χ0n) is 10.2. The maximum Gasteiger partial charge on any atom is 0.245 e. The van der Waals surface area contributed by atoms with E-state index in [1.807, 2.05) is 0 Å². The highest BCUT2D eigenvalue weighted by Crippen LogP contribution is 2.19. The SMILES string of the molecule is CC(N)CCN(C)S(=O)(=O)c1ccc(F)cc1F. The molecule has 1 aromatic carbocycles. The van der Waals surface area contributed by atoms with Crippen molar-refractivity contribution in [3.8, 4) is 0 Å². The lowest BCUT2D eigenvalue weighted by atomic mass is 10.2. The lowest BCUT2D eigenvalue weighted by Crippen LogP contribution is -2.31. The first kappa shape index (κ1) is 15.0. The molecule has 0 fully saturated rings. The topological polar surface area (TPSA) is 63.4 Å². The summed E-state index contributed by atoms with van der Waals surface area (Å²) < 4.78 is 51.2. The Morgan fingerprint density at radius 1 is 1.39 bits per heavy atom. The van der Waals surface area contributed by atoms with E-state index in [2.05, 4.69) is 0 Å². The first-order valence-electron chi connectivity index (χ1n) is 5.42. The van der Waals surface area contributed by atoms with E-state index >= 15 is 0 Å². The van der Waals surface area contributed by atoms with Gasteiger partial charge in [-0.15, -0.1) is 0 Å². The summed E-state index contributed by atoms with van der Waals surface area (Å²) >= 11 is 0. The first-order chi connectivity index (χ1) is 8.25. The van der Waals surface area contributed by atoms with E-state index in [1.54, 1.807) is 6.92 Å². The third-order valence-electron chi connectivity index (χ3n) is 2.48. The van der Waals surface area contributed by atoms with Gasteiger partial charge in [0.1, 0.15) is 16.5 Å². The summed E-state index contributed by atoms with van der Waals surface area (Å²) in [6.07, 6.45) is 0.457. The molecule has 0 heterocycles. The van der Waals surface area contributed by atoms with E-state index in [1.165, 1.54) is 7.05 Å². The van der Waals surface area contributed by atoms with Crippen molar-refractivity contribution in [1.29, 1.82) is 0 Å². The Bertz CT molecular complexity index is 518. The summed E-state index contributed by atoms with van der Waals surface area (Å²) in [5.41, 5.74) is 5.53. The summed E-state index contributed by atoms with van der Waals surface area (Å²) in [4.78, 5) is -0.531. The second-order valence-electron chi connectivity index (χ2n) is 4.17. The van der Waals surface area contributed by atoms with Gasteiger partial charge in [0.05, 0.1) is 0 Å². The van der Waals surface area contributed by atoms with Crippen LogP contribution in [0, 0.1) is 11.6 Å². The highest BCUT2D eigenvalue weighted by Gasteiger charge is 2.24. The molecule has 0 amide bonds. The molecule has 0 bridgehead atoms. The number of hydrogen-bond acceptors (Lipinski definition) is 3. The van der Waals surface area contributed by atoms with Gasteiger partial charge in [-0.1, -0.05) is 0 Å². The highest BCUT2D eigenvalue weighted by atomic mass is 32.2. The fourth-order valence-corrected chi connectivity index (χ4v) is 2.58. The molecule has 18 heavy (non-hydrogen) atoms. The maximum absolute atomic E-state index is 13.4. The van der Waals surface area contributed by atoms with Crippen molar-refractivity contribution in [3.05, 3.63) is 29.8 Å². The van der Waals surface area contributed by atoms with Crippen LogP contribution < -0.4 is 5.73 Å². The number of sulfonamides is 1. The van der Waals surface area contributed by atoms with Crippen molar-refractivity contribution in [1.82, 2.24) is 4.31 Å². The molecule has 1 aromatic rings. The third kappa shape index (κ3) is 3.47. The van der Waals surface area contributed by atoms with E-state index in [-0.39, 0.29) is 12.6 Å². The van der Waals surface area contributed by atoms with Crippen LogP contribution in [0.2, 0.25) is 0 Å². The normalized spacial score (nSPS) is 13.9. The minimum atomic E-state index is -3.95. The zero-order chi connectivity index (χ0) is 13.9. The molecule has 0 saturated carbocycles. The van der Waals surface area contributed by atoms with Crippen LogP contribution in [0.5, 0.6) is 0 Å². The molecule has 1 unspecified atom stereocenters. The summed E-state index contributed by atoms with van der Waals surface area (Å²) in [7, 11) is -2.61. The third-order valence-corrected chi connectivity index (χ3v) is 4.37. The molecule has 0 spiro atoms. The second kappa shape index (κ2) is 5.73. The molecular weight excluding hydrogens is 262 g/mol. The predicted octanol–water partition coefficient (Wildman–Crippen LogP) is 1.32. The first-order valence-corrected chi connectivity index (χ1v) is 6.86. The molecule has 0 aliphatic heterocycles. The number of rotatable bonds is 5. The molecular formula is C11H16F2N2O2S. The smallest absolute Gasteiger partial charge is 0.245 e. The van der Waals surface area contributed by atoms with Crippen LogP contribution in [0.3, 0.4) is 0 Å². The summed E-state index contributed by atoms with van der Waals surface area (Å²) in [6, 6.07) is 2.23. The van der Waals surface area contributed by atoms with Gasteiger partial charge in [-0.05, 0) is 25.5 Å². The van der Waals surface area contributed by atoms with E-state index in [4.69, 9.17) is 5.73 Å². The van der Waals surface area contributed by atoms with Crippen molar-refractivity contribution in [2.45, 2.75) is 24.3 Å². The zero-order valence-corrected chi connectivity index (χ0v) is 11.0. The van der Waals surface area contributed by atoms with Crippen LogP contribution in [0.4, 0.5) is 8.78 Å². The fourth-order valence-electron chi connectivity index (χ4n) is 1.36. The second-order valence-corrected chi connectivity index (χ2v) is 6.18. The van der Waals surface area contributed by atoms with E-state index in [0.29, 0.717) is 12.5 Å². The lowest BCUT2D eigenvalue weighted by Gasteiger charge is -2.18. The summed E-state index contributed by atoms with van der Waals surface area (Å²) in [5, 5.41) is 0. The Labute approximate surface area is 105 Å².